The number of carboxylic acids is 1. The van der Waals surface area contributed by atoms with Crippen LogP contribution in [0.1, 0.15) is 72.1 Å². The van der Waals surface area contributed by atoms with Crippen molar-refractivity contribution >= 4 is 43.8 Å². The molecule has 4 saturated carbocycles. The van der Waals surface area contributed by atoms with Gasteiger partial charge in [0.15, 0.2) is 0 Å². The molecular weight excluding hydrogens is 608 g/mol. The molecule has 4 rings (SSSR count). The van der Waals surface area contributed by atoms with Gasteiger partial charge in [0.1, 0.15) is 6.10 Å². The molecule has 0 bridgehead atoms. The molecule has 0 aromatic carbocycles. The molecule has 0 aliphatic heterocycles. The smallest absolute Gasteiger partial charge is 0.331 e. The third kappa shape index (κ3) is 4.67. The molecule has 7 N–H and O–H groups in total. The summed E-state index contributed by atoms with van der Waals surface area (Å²) in [5, 5.41) is 32.5. The SMILES string of the molecule is CC(=O)O[C@H]1C[C@@]2(C)[C@@H](C[C@@H](O)[C@H]3[C@@]4(C)CC[C@@H](O)[C@@H](N)[C@@H]4CC[C@@]32N)/C1=C(\CCC=C(Br)Br)C(=O)O. The van der Waals surface area contributed by atoms with Crippen LogP contribution in [0, 0.1) is 28.6 Å². The third-order valence-electron chi connectivity index (χ3n) is 10.5. The van der Waals surface area contributed by atoms with Crippen LogP contribution in [-0.4, -0.2) is 57.2 Å². The van der Waals surface area contributed by atoms with Gasteiger partial charge in [-0.25, -0.2) is 4.79 Å². The van der Waals surface area contributed by atoms with Crippen molar-refractivity contribution in [2.45, 2.75) is 102 Å². The topological polar surface area (TPSA) is 156 Å². The largest absolute Gasteiger partial charge is 0.478 e. The number of esters is 1. The maximum Gasteiger partial charge on any atom is 0.331 e. The Labute approximate surface area is 235 Å². The van der Waals surface area contributed by atoms with Crippen molar-refractivity contribution in [3.05, 3.63) is 20.6 Å². The first-order valence-corrected chi connectivity index (χ1v) is 14.8. The first-order valence-electron chi connectivity index (χ1n) is 13.2. The minimum Gasteiger partial charge on any atom is -0.478 e. The molecule has 0 heterocycles. The molecule has 10 atom stereocenters. The van der Waals surface area contributed by atoms with Crippen LogP contribution in [0.2, 0.25) is 0 Å². The summed E-state index contributed by atoms with van der Waals surface area (Å²) in [4.78, 5) is 24.7. The summed E-state index contributed by atoms with van der Waals surface area (Å²) in [6, 6.07) is -0.366. The van der Waals surface area contributed by atoms with Gasteiger partial charge in [0, 0.05) is 30.0 Å². The van der Waals surface area contributed by atoms with E-state index in [4.69, 9.17) is 16.2 Å². The molecule has 208 valence electrons. The second-order valence-electron chi connectivity index (χ2n) is 12.2. The van der Waals surface area contributed by atoms with Gasteiger partial charge in [0.05, 0.1) is 15.6 Å². The van der Waals surface area contributed by atoms with Crippen molar-refractivity contribution in [2.24, 2.45) is 40.1 Å². The van der Waals surface area contributed by atoms with E-state index in [1.807, 2.05) is 6.08 Å². The Morgan fingerprint density at radius 1 is 1.16 bits per heavy atom. The van der Waals surface area contributed by atoms with Crippen LogP contribution in [0.15, 0.2) is 20.6 Å². The highest BCUT2D eigenvalue weighted by Gasteiger charge is 2.71. The molecule has 4 fully saturated rings. The highest BCUT2D eigenvalue weighted by Crippen LogP contribution is 2.69. The number of allylic oxidation sites excluding steroid dienone is 1. The number of hydrogen-bond acceptors (Lipinski definition) is 7. The number of rotatable bonds is 5. The second kappa shape index (κ2) is 10.3. The number of carboxylic acid groups (broad SMARTS) is 1. The van der Waals surface area contributed by atoms with Crippen LogP contribution in [0.5, 0.6) is 0 Å². The van der Waals surface area contributed by atoms with Crippen molar-refractivity contribution in [1.82, 2.24) is 0 Å². The number of fused-ring (bicyclic) bond motifs is 5. The number of carbonyl (C=O) groups excluding carboxylic acids is 1. The fraction of sp³-hybridized carbons (Fsp3) is 0.778. The zero-order valence-electron chi connectivity index (χ0n) is 21.8. The Morgan fingerprint density at radius 2 is 1.84 bits per heavy atom. The van der Waals surface area contributed by atoms with Gasteiger partial charge in [0.2, 0.25) is 0 Å². The first-order chi connectivity index (χ1) is 17.2. The quantitative estimate of drug-likeness (QED) is 0.223. The highest BCUT2D eigenvalue weighted by molar-refractivity contribution is 9.28. The van der Waals surface area contributed by atoms with E-state index in [0.717, 1.165) is 16.2 Å². The number of hydrogen-bond donors (Lipinski definition) is 5. The number of aliphatic carboxylic acids is 1. The lowest BCUT2D eigenvalue weighted by Crippen LogP contribution is -2.75. The van der Waals surface area contributed by atoms with Crippen molar-refractivity contribution in [1.29, 1.82) is 0 Å². The van der Waals surface area contributed by atoms with E-state index in [2.05, 4.69) is 45.7 Å². The van der Waals surface area contributed by atoms with Gasteiger partial charge >= 0.3 is 11.9 Å². The average molecular weight is 648 g/mol. The number of nitrogens with two attached hydrogens (primary N) is 2. The summed E-state index contributed by atoms with van der Waals surface area (Å²) < 4.78 is 6.51. The Bertz CT molecular complexity index is 1010. The summed E-state index contributed by atoms with van der Waals surface area (Å²) in [6.07, 6.45) is 3.93. The summed E-state index contributed by atoms with van der Waals surface area (Å²) in [6.45, 7) is 5.59. The number of carbonyl (C=O) groups is 2. The number of halogens is 2. The lowest BCUT2D eigenvalue weighted by Gasteiger charge is -2.68. The number of aliphatic hydroxyl groups is 2. The fourth-order valence-electron chi connectivity index (χ4n) is 8.91. The van der Waals surface area contributed by atoms with Gasteiger partial charge in [0.25, 0.3) is 0 Å². The van der Waals surface area contributed by atoms with E-state index in [1.54, 1.807) is 0 Å². The van der Waals surface area contributed by atoms with E-state index >= 15 is 0 Å². The van der Waals surface area contributed by atoms with E-state index < -0.39 is 41.2 Å². The predicted molar refractivity (Wildman–Crippen MR) is 147 cm³/mol. The summed E-state index contributed by atoms with van der Waals surface area (Å²) in [7, 11) is 0. The first kappa shape index (κ1) is 29.2. The number of aliphatic hydroxyl groups excluding tert-OH is 2. The molecule has 4 aliphatic rings. The Kier molecular flexibility index (Phi) is 8.15. The van der Waals surface area contributed by atoms with Gasteiger partial charge in [-0.05, 0) is 111 Å². The van der Waals surface area contributed by atoms with E-state index in [9.17, 15) is 24.9 Å². The van der Waals surface area contributed by atoms with Gasteiger partial charge in [-0.2, -0.15) is 0 Å². The molecule has 37 heavy (non-hydrogen) atoms. The summed E-state index contributed by atoms with van der Waals surface area (Å²) >= 11 is 6.64. The Hall–Kier alpha value is -0.780. The standard InChI is InChI=1S/C27H40Br2N2O6/c1-13(32)37-19-12-26(3)16(21(19)14(24(35)36)5-4-6-20(28)29)11-18(34)23-25(2)9-8-17(33)22(30)15(25)7-10-27(23,26)31/h6,15-19,22-23,33-34H,4-5,7-12,30-31H2,1-3H3,(H,35,36)/b21-14-/t15-,16-,17+,18+,19-,22-,23-,25-,26-,27+/m0/s1. The van der Waals surface area contributed by atoms with E-state index in [-0.39, 0.29) is 41.2 Å². The maximum atomic E-state index is 12.5. The summed E-state index contributed by atoms with van der Waals surface area (Å²) in [5.41, 5.74) is 13.0. The Balaban J connectivity index is 1.82. The van der Waals surface area contributed by atoms with Gasteiger partial charge in [-0.3, -0.25) is 4.79 Å². The minimum atomic E-state index is -1.04. The molecular formula is C27H40Br2N2O6. The maximum absolute atomic E-state index is 12.5. The molecule has 4 aliphatic carbocycles. The monoisotopic (exact) mass is 646 g/mol. The molecule has 8 nitrogen and oxygen atoms in total. The molecule has 0 aromatic rings. The zero-order chi connectivity index (χ0) is 27.5. The van der Waals surface area contributed by atoms with Gasteiger partial charge in [-0.15, -0.1) is 0 Å². The van der Waals surface area contributed by atoms with Crippen molar-refractivity contribution in [2.75, 3.05) is 0 Å². The van der Waals surface area contributed by atoms with Crippen LogP contribution in [-0.2, 0) is 14.3 Å². The molecule has 0 aromatic heterocycles. The number of ether oxygens (including phenoxy) is 1. The fourth-order valence-corrected chi connectivity index (χ4v) is 9.37. The van der Waals surface area contributed by atoms with Crippen LogP contribution in [0.3, 0.4) is 0 Å². The van der Waals surface area contributed by atoms with E-state index in [0.29, 0.717) is 37.7 Å². The Morgan fingerprint density at radius 3 is 2.43 bits per heavy atom. The third-order valence-corrected chi connectivity index (χ3v) is 11.2. The van der Waals surface area contributed by atoms with Gasteiger partial charge in [-0.1, -0.05) is 19.9 Å². The second-order valence-corrected chi connectivity index (χ2v) is 15.0. The summed E-state index contributed by atoms with van der Waals surface area (Å²) in [5.74, 6) is -2.07. The lowest BCUT2D eigenvalue weighted by molar-refractivity contribution is -0.193. The van der Waals surface area contributed by atoms with Crippen LogP contribution in [0.25, 0.3) is 0 Å². The van der Waals surface area contributed by atoms with Crippen molar-refractivity contribution in [3.8, 4) is 0 Å². The molecule has 0 unspecified atom stereocenters. The van der Waals surface area contributed by atoms with Crippen LogP contribution in [0.4, 0.5) is 0 Å². The molecule has 10 heteroatoms. The highest BCUT2D eigenvalue weighted by atomic mass is 79.9. The average Bonchev–Trinajstić information content (AvgIpc) is 3.05. The van der Waals surface area contributed by atoms with Gasteiger partial charge < -0.3 is 31.5 Å². The van der Waals surface area contributed by atoms with Crippen LogP contribution < -0.4 is 11.5 Å². The van der Waals surface area contributed by atoms with Crippen LogP contribution >= 0.6 is 31.9 Å². The van der Waals surface area contributed by atoms with Crippen molar-refractivity contribution < 1.29 is 29.6 Å². The molecule has 0 spiro atoms. The minimum absolute atomic E-state index is 0.0393. The van der Waals surface area contributed by atoms with Crippen molar-refractivity contribution in [3.63, 3.8) is 0 Å². The predicted octanol–water partition coefficient (Wildman–Crippen LogP) is 3.71. The zero-order valence-corrected chi connectivity index (χ0v) is 24.9. The molecule has 0 saturated heterocycles. The van der Waals surface area contributed by atoms with E-state index in [1.165, 1.54) is 6.92 Å². The molecule has 0 amide bonds. The normalized spacial score (nSPS) is 46.2. The lowest BCUT2D eigenvalue weighted by atomic mass is 9.39. The molecule has 0 radical (unpaired) electrons.